The largest absolute Gasteiger partial charge is 0.496 e. The number of ether oxygens (including phenoxy) is 3. The third kappa shape index (κ3) is 10.6. The van der Waals surface area contributed by atoms with Crippen LogP contribution in [0.4, 0.5) is 23.8 Å². The fourth-order valence-corrected chi connectivity index (χ4v) is 9.36. The van der Waals surface area contributed by atoms with Crippen LogP contribution >= 0.6 is 22.7 Å². The molecular formula is C42H55F2N11O6S2. The zero-order chi connectivity index (χ0) is 44.9. The average Bonchev–Trinajstić information content (AvgIpc) is 4.06. The fourth-order valence-electron chi connectivity index (χ4n) is 7.51. The maximum atomic E-state index is 13.7. The number of aliphatic hydroxyl groups is 2. The van der Waals surface area contributed by atoms with Gasteiger partial charge in [-0.1, -0.05) is 22.7 Å². The second-order valence-electron chi connectivity index (χ2n) is 16.8. The number of anilines is 2. The number of nitrogens with zero attached hydrogens (tertiary/aromatic N) is 8. The van der Waals surface area contributed by atoms with Gasteiger partial charge in [-0.2, -0.15) is 0 Å². The maximum Gasteiger partial charge on any atom is 0.407 e. The van der Waals surface area contributed by atoms with Gasteiger partial charge in [0.25, 0.3) is 0 Å². The Bertz CT molecular complexity index is 2490. The zero-order valence-electron chi connectivity index (χ0n) is 36.1. The van der Waals surface area contributed by atoms with Gasteiger partial charge in [-0.15, -0.1) is 10.2 Å². The normalized spacial score (nSPS) is 16.2. The lowest BCUT2D eigenvalue weighted by Gasteiger charge is -2.41. The van der Waals surface area contributed by atoms with Crippen LogP contribution in [-0.4, -0.2) is 129 Å². The van der Waals surface area contributed by atoms with Gasteiger partial charge in [0.1, 0.15) is 28.7 Å². The van der Waals surface area contributed by atoms with Crippen molar-refractivity contribution in [3.63, 3.8) is 0 Å². The van der Waals surface area contributed by atoms with Crippen molar-refractivity contribution in [1.82, 2.24) is 39.8 Å². The summed E-state index contributed by atoms with van der Waals surface area (Å²) >= 11 is 2.98. The Morgan fingerprint density at radius 1 is 0.794 bits per heavy atom. The lowest BCUT2D eigenvalue weighted by molar-refractivity contribution is 0.0526. The molecular weight excluding hydrogens is 857 g/mol. The topological polar surface area (TPSA) is 202 Å². The highest BCUT2D eigenvalue weighted by Gasteiger charge is 2.35. The van der Waals surface area contributed by atoms with Crippen molar-refractivity contribution in [1.29, 1.82) is 0 Å². The number of piperidine rings is 2. The monoisotopic (exact) mass is 911 g/mol. The standard InChI is InChI=1S/C25H35FN6O4S.C17H20FN5O2S/c1-24(2,3)36-23(34)27-10-5-11-29-25(16-33)8-12-31(13-9-25)22-30-32-19(15-28-21(32)37-22)18-7-6-17(26)14-20(18)35-4;1-25-14-8-11(18)2-3-12(14)13-9-20-15-23(13)21-16(26-15)22-6-4-17(19,10-24)5-7-22/h6-7,14-15,29,33H,5,8-13,16H2,1-4H3,(H,27,34);2-3,8-9,24H,4-7,10,19H2,1H3. The van der Waals surface area contributed by atoms with Crippen LogP contribution in [0.2, 0.25) is 0 Å². The number of nitrogens with one attached hydrogen (secondary N) is 2. The van der Waals surface area contributed by atoms with E-state index in [1.807, 2.05) is 20.8 Å². The molecule has 0 spiro atoms. The van der Waals surface area contributed by atoms with Crippen molar-refractivity contribution in [3.8, 4) is 34.0 Å². The molecule has 0 atom stereocenters. The van der Waals surface area contributed by atoms with Crippen LogP contribution in [0.3, 0.4) is 0 Å². The first-order chi connectivity index (χ1) is 30.2. The second-order valence-corrected chi connectivity index (χ2v) is 18.6. The summed E-state index contributed by atoms with van der Waals surface area (Å²) in [4.78, 5) is 26.6. The predicted molar refractivity (Wildman–Crippen MR) is 239 cm³/mol. The number of alkyl carbamates (subject to hydrolysis) is 1. The molecule has 21 heteroatoms. The van der Waals surface area contributed by atoms with Crippen LogP contribution in [-0.2, 0) is 4.74 Å². The number of methoxy groups -OCH3 is 2. The Labute approximate surface area is 371 Å². The van der Waals surface area contributed by atoms with Crippen LogP contribution in [0, 0.1) is 11.6 Å². The predicted octanol–water partition coefficient (Wildman–Crippen LogP) is 5.34. The smallest absolute Gasteiger partial charge is 0.407 e. The fraction of sp³-hybridized carbons (Fsp3) is 0.500. The summed E-state index contributed by atoms with van der Waals surface area (Å²) in [7, 11) is 3.02. The Morgan fingerprint density at radius 2 is 1.29 bits per heavy atom. The number of carbonyl (C=O) groups excluding carboxylic acids is 1. The summed E-state index contributed by atoms with van der Waals surface area (Å²) in [5.41, 5.74) is 7.69. The van der Waals surface area contributed by atoms with Crippen molar-refractivity contribution in [2.75, 3.05) is 76.5 Å². The van der Waals surface area contributed by atoms with Crippen LogP contribution in [0.15, 0.2) is 48.8 Å². The van der Waals surface area contributed by atoms with Crippen molar-refractivity contribution in [2.45, 2.75) is 69.6 Å². The highest BCUT2D eigenvalue weighted by atomic mass is 32.1. The van der Waals surface area contributed by atoms with Gasteiger partial charge >= 0.3 is 6.09 Å². The molecule has 2 fully saturated rings. The number of imidazole rings is 2. The summed E-state index contributed by atoms with van der Waals surface area (Å²) in [6, 6.07) is 8.82. The van der Waals surface area contributed by atoms with Gasteiger partial charge in [-0.3, -0.25) is 0 Å². The molecule has 17 nitrogen and oxygen atoms in total. The van der Waals surface area contributed by atoms with Crippen LogP contribution in [0.1, 0.15) is 52.9 Å². The highest BCUT2D eigenvalue weighted by molar-refractivity contribution is 7.20. The molecule has 1 amide bonds. The Kier molecular flexibility index (Phi) is 14.0. The summed E-state index contributed by atoms with van der Waals surface area (Å²) in [5, 5.41) is 37.0. The lowest BCUT2D eigenvalue weighted by Crippen LogP contribution is -2.56. The van der Waals surface area contributed by atoms with E-state index >= 15 is 0 Å². The van der Waals surface area contributed by atoms with Gasteiger partial charge in [0.2, 0.25) is 20.2 Å². The van der Waals surface area contributed by atoms with E-state index in [2.05, 4.69) is 30.4 Å². The van der Waals surface area contributed by atoms with E-state index in [1.165, 1.54) is 61.2 Å². The molecule has 0 radical (unpaired) electrons. The minimum absolute atomic E-state index is 0.00343. The molecule has 2 aromatic carbocycles. The molecule has 6 aromatic rings. The quantitative estimate of drug-likeness (QED) is 0.0931. The van der Waals surface area contributed by atoms with Crippen molar-refractivity contribution in [3.05, 3.63) is 60.4 Å². The molecule has 63 heavy (non-hydrogen) atoms. The number of benzene rings is 2. The van der Waals surface area contributed by atoms with E-state index in [0.29, 0.717) is 37.4 Å². The Morgan fingerprint density at radius 3 is 1.73 bits per heavy atom. The van der Waals surface area contributed by atoms with E-state index in [1.54, 1.807) is 33.6 Å². The molecule has 0 unspecified atom stereocenters. The molecule has 2 aliphatic rings. The van der Waals surface area contributed by atoms with E-state index in [4.69, 9.17) is 30.1 Å². The van der Waals surface area contributed by atoms with Gasteiger partial charge in [-0.05, 0) is 83.7 Å². The minimum atomic E-state index is -0.521. The molecule has 2 saturated heterocycles. The minimum Gasteiger partial charge on any atom is -0.496 e. The molecule has 2 aliphatic heterocycles. The SMILES string of the molecule is COc1cc(F)ccc1-c1cnc2sc(N3CCC(CO)(NCCCNC(=O)OC(C)(C)C)CC3)nn12.COc1cc(F)ccc1-c1cnc2sc(N3CCC(N)(CO)CC3)nn12. The van der Waals surface area contributed by atoms with Crippen LogP contribution < -0.4 is 35.6 Å². The molecule has 6 heterocycles. The van der Waals surface area contributed by atoms with Gasteiger partial charge in [0.05, 0.1) is 51.2 Å². The van der Waals surface area contributed by atoms with Crippen molar-refractivity contribution in [2.24, 2.45) is 5.73 Å². The summed E-state index contributed by atoms with van der Waals surface area (Å²) in [6.07, 6.45) is 6.66. The number of fused-ring (bicyclic) bond motifs is 2. The number of amides is 1. The highest BCUT2D eigenvalue weighted by Crippen LogP contribution is 2.37. The van der Waals surface area contributed by atoms with E-state index in [9.17, 15) is 23.8 Å². The van der Waals surface area contributed by atoms with E-state index in [0.717, 1.165) is 88.1 Å². The van der Waals surface area contributed by atoms with E-state index < -0.39 is 17.2 Å². The second kappa shape index (κ2) is 19.3. The first-order valence-electron chi connectivity index (χ1n) is 20.8. The van der Waals surface area contributed by atoms with Crippen molar-refractivity contribution < 1.29 is 38.0 Å². The van der Waals surface area contributed by atoms with Crippen LogP contribution in [0.5, 0.6) is 11.5 Å². The molecule has 4 aromatic heterocycles. The summed E-state index contributed by atoms with van der Waals surface area (Å²) in [6.45, 7) is 9.63. The summed E-state index contributed by atoms with van der Waals surface area (Å²) in [5.74, 6) is 0.145. The number of aliphatic hydroxyl groups excluding tert-OH is 2. The number of hydrogen-bond acceptors (Lipinski definition) is 16. The van der Waals surface area contributed by atoms with E-state index in [-0.39, 0.29) is 30.4 Å². The van der Waals surface area contributed by atoms with Crippen molar-refractivity contribution >= 4 is 49.0 Å². The summed E-state index contributed by atoms with van der Waals surface area (Å²) < 4.78 is 46.6. The Balaban J connectivity index is 0.000000200. The average molecular weight is 912 g/mol. The number of halogens is 2. The van der Waals surface area contributed by atoms with Crippen LogP contribution in [0.25, 0.3) is 32.4 Å². The molecule has 6 N–H and O–H groups in total. The first-order valence-corrected chi connectivity index (χ1v) is 22.4. The number of carbonyl (C=O) groups is 1. The van der Waals surface area contributed by atoms with Gasteiger partial charge in [-0.25, -0.2) is 32.6 Å². The molecule has 0 bridgehead atoms. The third-order valence-electron chi connectivity index (χ3n) is 11.2. The number of hydrogen-bond donors (Lipinski definition) is 5. The molecule has 8 rings (SSSR count). The molecule has 340 valence electrons. The van der Waals surface area contributed by atoms with Gasteiger partial charge in [0.15, 0.2) is 0 Å². The number of nitrogens with two attached hydrogens (primary N) is 1. The maximum absolute atomic E-state index is 13.7. The lowest BCUT2D eigenvalue weighted by atomic mass is 9.88. The zero-order valence-corrected chi connectivity index (χ0v) is 37.7. The number of aromatic nitrogens is 6. The first kappa shape index (κ1) is 45.8. The van der Waals surface area contributed by atoms with Gasteiger partial charge in [0, 0.05) is 67.1 Å². The molecule has 0 saturated carbocycles. The Hall–Kier alpha value is -5.19. The number of rotatable bonds is 13. The molecule has 0 aliphatic carbocycles. The van der Waals surface area contributed by atoms with Gasteiger partial charge < -0.3 is 50.6 Å². The third-order valence-corrected chi connectivity index (χ3v) is 13.2.